The molecule has 2 nitrogen and oxygen atoms in total. The lowest BCUT2D eigenvalue weighted by Crippen LogP contribution is -2.33. The van der Waals surface area contributed by atoms with Crippen molar-refractivity contribution in [3.63, 3.8) is 0 Å². The minimum absolute atomic E-state index is 0.370. The van der Waals surface area contributed by atoms with Gasteiger partial charge >= 0.3 is 0 Å². The quantitative estimate of drug-likeness (QED) is 0.696. The first-order chi connectivity index (χ1) is 8.33. The first-order valence-corrected chi connectivity index (χ1v) is 7.26. The van der Waals surface area contributed by atoms with Crippen LogP contribution in [0.2, 0.25) is 0 Å². The Kier molecular flexibility index (Phi) is 3.32. The van der Waals surface area contributed by atoms with E-state index in [1.165, 1.54) is 38.8 Å². The Morgan fingerprint density at radius 3 is 2.59 bits per heavy atom. The number of Topliss-reactive ketones (excluding diaryl/α,β-unsaturated/α-hetero) is 1. The van der Waals surface area contributed by atoms with Crippen LogP contribution in [-0.2, 0) is 4.79 Å². The molecule has 94 valence electrons. The van der Waals surface area contributed by atoms with E-state index in [0.717, 1.165) is 25.3 Å². The highest BCUT2D eigenvalue weighted by Crippen LogP contribution is 2.44. The molecule has 0 amide bonds. The van der Waals surface area contributed by atoms with Gasteiger partial charge in [-0.1, -0.05) is 18.6 Å². The van der Waals surface area contributed by atoms with E-state index >= 15 is 0 Å². The van der Waals surface area contributed by atoms with Crippen molar-refractivity contribution in [2.45, 2.75) is 38.5 Å². The van der Waals surface area contributed by atoms with E-state index in [1.807, 2.05) is 0 Å². The number of carbonyl (C=O) groups is 1. The number of nitrogens with zero attached hydrogens (tertiary/aromatic N) is 1. The summed E-state index contributed by atoms with van der Waals surface area (Å²) < 4.78 is 0. The van der Waals surface area contributed by atoms with E-state index in [9.17, 15) is 4.79 Å². The molecule has 2 bridgehead atoms. The third-order valence-corrected chi connectivity index (χ3v) is 4.82. The first kappa shape index (κ1) is 11.5. The van der Waals surface area contributed by atoms with Gasteiger partial charge < -0.3 is 4.90 Å². The molecule has 0 spiro atoms. The highest BCUT2D eigenvalue weighted by atomic mass is 16.1. The second-order valence-corrected chi connectivity index (χ2v) is 6.01. The van der Waals surface area contributed by atoms with Crippen molar-refractivity contribution in [3.8, 4) is 0 Å². The Morgan fingerprint density at radius 2 is 1.94 bits per heavy atom. The largest absolute Gasteiger partial charge is 0.303 e. The van der Waals surface area contributed by atoms with Crippen LogP contribution < -0.4 is 0 Å². The Labute approximate surface area is 104 Å². The third kappa shape index (κ3) is 2.47. The molecule has 3 rings (SSSR count). The molecule has 1 heterocycles. The predicted molar refractivity (Wildman–Crippen MR) is 68.8 cm³/mol. The fourth-order valence-corrected chi connectivity index (χ4v) is 3.79. The molecule has 17 heavy (non-hydrogen) atoms. The van der Waals surface area contributed by atoms with Gasteiger partial charge in [0.2, 0.25) is 0 Å². The summed E-state index contributed by atoms with van der Waals surface area (Å²) in [5.74, 6) is 2.22. The fourth-order valence-electron chi connectivity index (χ4n) is 3.79. The van der Waals surface area contributed by atoms with Crippen molar-refractivity contribution in [1.82, 2.24) is 4.90 Å². The molecule has 0 aromatic carbocycles. The second-order valence-electron chi connectivity index (χ2n) is 6.01. The maximum absolute atomic E-state index is 12.2. The summed E-state index contributed by atoms with van der Waals surface area (Å²) >= 11 is 0. The summed E-state index contributed by atoms with van der Waals surface area (Å²) in [5, 5.41) is 0. The number of carbonyl (C=O) groups excluding carboxylic acids is 1. The number of rotatable bonds is 4. The molecule has 0 aromatic rings. The summed E-state index contributed by atoms with van der Waals surface area (Å²) in [7, 11) is 0. The van der Waals surface area contributed by atoms with Crippen molar-refractivity contribution in [2.24, 2.45) is 17.8 Å². The number of hydrogen-bond donors (Lipinski definition) is 0. The van der Waals surface area contributed by atoms with Crippen LogP contribution in [0, 0.1) is 17.8 Å². The fraction of sp³-hybridized carbons (Fsp3) is 0.800. The van der Waals surface area contributed by atoms with Gasteiger partial charge in [0.1, 0.15) is 5.78 Å². The SMILES string of the molecule is O=C(CCN1CCCCC1)[C@@H]1C[C@@H]2C=C[C@H]1C2. The van der Waals surface area contributed by atoms with E-state index in [1.54, 1.807) is 0 Å². The maximum Gasteiger partial charge on any atom is 0.137 e. The number of hydrogen-bond acceptors (Lipinski definition) is 2. The van der Waals surface area contributed by atoms with Gasteiger partial charge in [-0.25, -0.2) is 0 Å². The van der Waals surface area contributed by atoms with Crippen molar-refractivity contribution in [3.05, 3.63) is 12.2 Å². The van der Waals surface area contributed by atoms with Crippen LogP contribution in [-0.4, -0.2) is 30.3 Å². The van der Waals surface area contributed by atoms with Gasteiger partial charge in [-0.2, -0.15) is 0 Å². The van der Waals surface area contributed by atoms with E-state index < -0.39 is 0 Å². The third-order valence-electron chi connectivity index (χ3n) is 4.82. The van der Waals surface area contributed by atoms with Gasteiger partial charge in [0, 0.05) is 18.9 Å². The van der Waals surface area contributed by atoms with Crippen LogP contribution in [0.5, 0.6) is 0 Å². The molecule has 3 atom stereocenters. The lowest BCUT2D eigenvalue weighted by Gasteiger charge is -2.27. The molecule has 0 unspecified atom stereocenters. The molecule has 2 fully saturated rings. The highest BCUT2D eigenvalue weighted by Gasteiger charge is 2.39. The van der Waals surface area contributed by atoms with Gasteiger partial charge in [0.05, 0.1) is 0 Å². The minimum Gasteiger partial charge on any atom is -0.303 e. The van der Waals surface area contributed by atoms with E-state index in [4.69, 9.17) is 0 Å². The summed E-state index contributed by atoms with van der Waals surface area (Å²) in [5.41, 5.74) is 0. The van der Waals surface area contributed by atoms with Gasteiger partial charge in [-0.3, -0.25) is 4.79 Å². The average Bonchev–Trinajstić information content (AvgIpc) is 2.99. The van der Waals surface area contributed by atoms with Crippen LogP contribution in [0.25, 0.3) is 0 Å². The van der Waals surface area contributed by atoms with Crippen LogP contribution in [0.15, 0.2) is 12.2 Å². The lowest BCUT2D eigenvalue weighted by molar-refractivity contribution is -0.123. The zero-order valence-electron chi connectivity index (χ0n) is 10.6. The Bertz CT molecular complexity index is 317. The number of allylic oxidation sites excluding steroid dienone is 2. The molecule has 0 N–H and O–H groups in total. The molecule has 1 saturated carbocycles. The predicted octanol–water partition coefficient (Wildman–Crippen LogP) is 2.64. The van der Waals surface area contributed by atoms with Crippen molar-refractivity contribution >= 4 is 5.78 Å². The van der Waals surface area contributed by atoms with E-state index in [-0.39, 0.29) is 0 Å². The average molecular weight is 233 g/mol. The lowest BCUT2D eigenvalue weighted by atomic mass is 9.88. The van der Waals surface area contributed by atoms with E-state index in [2.05, 4.69) is 17.1 Å². The minimum atomic E-state index is 0.370. The van der Waals surface area contributed by atoms with Crippen molar-refractivity contribution < 1.29 is 4.79 Å². The van der Waals surface area contributed by atoms with Gasteiger partial charge in [0.25, 0.3) is 0 Å². The number of likely N-dealkylation sites (tertiary alicyclic amines) is 1. The highest BCUT2D eigenvalue weighted by molar-refractivity contribution is 5.82. The van der Waals surface area contributed by atoms with Crippen molar-refractivity contribution in [1.29, 1.82) is 0 Å². The normalized spacial score (nSPS) is 36.6. The molecule has 0 aromatic heterocycles. The first-order valence-electron chi connectivity index (χ1n) is 7.26. The van der Waals surface area contributed by atoms with Gasteiger partial charge in [-0.05, 0) is 50.6 Å². The monoisotopic (exact) mass is 233 g/mol. The Morgan fingerprint density at radius 1 is 1.12 bits per heavy atom. The Balaban J connectivity index is 1.45. The van der Waals surface area contributed by atoms with Crippen molar-refractivity contribution in [2.75, 3.05) is 19.6 Å². The molecule has 1 saturated heterocycles. The van der Waals surface area contributed by atoms with Crippen LogP contribution in [0.3, 0.4) is 0 Å². The summed E-state index contributed by atoms with van der Waals surface area (Å²) in [4.78, 5) is 14.7. The zero-order valence-corrected chi connectivity index (χ0v) is 10.6. The van der Waals surface area contributed by atoms with Crippen LogP contribution >= 0.6 is 0 Å². The molecule has 2 aliphatic carbocycles. The maximum atomic E-state index is 12.2. The molecular formula is C15H23NO. The summed E-state index contributed by atoms with van der Waals surface area (Å²) in [6.45, 7) is 3.43. The second kappa shape index (κ2) is 4.93. The molecular weight excluding hydrogens is 210 g/mol. The number of ketones is 1. The molecule has 2 heteroatoms. The van der Waals surface area contributed by atoms with Gasteiger partial charge in [-0.15, -0.1) is 0 Å². The molecule has 1 aliphatic heterocycles. The smallest absolute Gasteiger partial charge is 0.137 e. The van der Waals surface area contributed by atoms with Crippen LogP contribution in [0.4, 0.5) is 0 Å². The number of fused-ring (bicyclic) bond motifs is 2. The molecule has 0 radical (unpaired) electrons. The summed E-state index contributed by atoms with van der Waals surface area (Å²) in [6.07, 6.45) is 11.8. The van der Waals surface area contributed by atoms with Crippen LogP contribution in [0.1, 0.15) is 38.5 Å². The summed E-state index contributed by atoms with van der Waals surface area (Å²) in [6, 6.07) is 0. The van der Waals surface area contributed by atoms with Gasteiger partial charge in [0.15, 0.2) is 0 Å². The zero-order chi connectivity index (χ0) is 11.7. The Hall–Kier alpha value is -0.630. The topological polar surface area (TPSA) is 20.3 Å². The molecule has 3 aliphatic rings. The number of piperidine rings is 1. The standard InChI is InChI=1S/C15H23NO/c17-15(6-9-16-7-2-1-3-8-16)14-11-12-4-5-13(14)10-12/h4-5,12-14H,1-3,6-11H2/t12-,13+,14-/m1/s1. The van der Waals surface area contributed by atoms with E-state index in [0.29, 0.717) is 17.6 Å².